The molecule has 0 fully saturated rings. The van der Waals surface area contributed by atoms with Crippen molar-refractivity contribution >= 4 is 40.6 Å². The number of nitrogens with zero attached hydrogens (tertiary/aromatic N) is 1. The number of anilines is 2. The highest BCUT2D eigenvalue weighted by Gasteiger charge is 2.18. The number of ether oxygens (including phenoxy) is 1. The molecule has 0 radical (unpaired) electrons. The summed E-state index contributed by atoms with van der Waals surface area (Å²) in [5, 5.41) is 3.26. The largest absolute Gasteiger partial charge is 0.495 e. The summed E-state index contributed by atoms with van der Waals surface area (Å²) in [6.07, 6.45) is 0. The first-order valence-electron chi connectivity index (χ1n) is 8.26. The van der Waals surface area contributed by atoms with Gasteiger partial charge in [-0.05, 0) is 37.6 Å². The topological polar surface area (TPSA) is 75.7 Å². The minimum Gasteiger partial charge on any atom is -0.495 e. The Morgan fingerprint density at radius 3 is 2.44 bits per heavy atom. The lowest BCUT2D eigenvalue weighted by molar-refractivity contribution is -0.120. The summed E-state index contributed by atoms with van der Waals surface area (Å²) in [7, 11) is 1.48. The Labute approximate surface area is 163 Å². The fourth-order valence-corrected chi connectivity index (χ4v) is 2.69. The van der Waals surface area contributed by atoms with Gasteiger partial charge >= 0.3 is 0 Å². The van der Waals surface area contributed by atoms with Crippen LogP contribution in [0.1, 0.15) is 29.8 Å². The van der Waals surface area contributed by atoms with Gasteiger partial charge in [-0.3, -0.25) is 14.4 Å². The minimum absolute atomic E-state index is 0.119. The number of ketones is 1. The minimum atomic E-state index is -0.404. The number of aryl methyl sites for hydroxylation is 1. The average molecular weight is 389 g/mol. The number of halogens is 1. The molecule has 0 spiro atoms. The van der Waals surface area contributed by atoms with E-state index in [0.717, 1.165) is 5.56 Å². The molecule has 6 nitrogen and oxygen atoms in total. The summed E-state index contributed by atoms with van der Waals surface area (Å²) in [5.74, 6) is -0.415. The standard InChI is InChI=1S/C20H21ClN2O4/c1-12-8-18(19(27-4)10-17(12)21)22-20(26)11-23(14(3)25)16-7-5-6-15(9-16)13(2)24/h5-10H,11H2,1-4H3,(H,22,26). The molecule has 0 aliphatic carbocycles. The number of carbonyl (C=O) groups excluding carboxylic acids is 3. The molecule has 2 amide bonds. The molecule has 0 aliphatic rings. The quantitative estimate of drug-likeness (QED) is 0.762. The van der Waals surface area contributed by atoms with Crippen LogP contribution in [0.25, 0.3) is 0 Å². The van der Waals surface area contributed by atoms with Gasteiger partial charge in [0.05, 0.1) is 12.8 Å². The van der Waals surface area contributed by atoms with Crippen LogP contribution in [0.15, 0.2) is 36.4 Å². The van der Waals surface area contributed by atoms with Crippen LogP contribution in [-0.4, -0.2) is 31.3 Å². The van der Waals surface area contributed by atoms with Crippen LogP contribution < -0.4 is 15.0 Å². The van der Waals surface area contributed by atoms with Gasteiger partial charge in [0.15, 0.2) is 5.78 Å². The molecule has 7 heteroatoms. The zero-order valence-corrected chi connectivity index (χ0v) is 16.4. The third kappa shape index (κ3) is 5.08. The predicted molar refractivity (Wildman–Crippen MR) is 106 cm³/mol. The Balaban J connectivity index is 2.24. The lowest BCUT2D eigenvalue weighted by atomic mass is 10.1. The SMILES string of the molecule is COc1cc(Cl)c(C)cc1NC(=O)CN(C(C)=O)c1cccc(C(C)=O)c1. The van der Waals surface area contributed by atoms with Gasteiger partial charge in [-0.15, -0.1) is 0 Å². The van der Waals surface area contributed by atoms with Crippen molar-refractivity contribution in [3.05, 3.63) is 52.5 Å². The molecule has 0 bridgehead atoms. The summed E-state index contributed by atoms with van der Waals surface area (Å²) in [5.41, 5.74) is 2.19. The molecule has 0 saturated heterocycles. The van der Waals surface area contributed by atoms with Gasteiger partial charge in [-0.25, -0.2) is 0 Å². The molecule has 2 aromatic rings. The highest BCUT2D eigenvalue weighted by Crippen LogP contribution is 2.31. The number of methoxy groups -OCH3 is 1. The summed E-state index contributed by atoms with van der Waals surface area (Å²) >= 11 is 6.07. The first kappa shape index (κ1) is 20.5. The Bertz CT molecular complexity index is 896. The maximum absolute atomic E-state index is 12.5. The molecule has 0 unspecified atom stereocenters. The molecule has 2 rings (SSSR count). The third-order valence-corrected chi connectivity index (χ3v) is 4.41. The summed E-state index contributed by atoms with van der Waals surface area (Å²) in [6, 6.07) is 9.91. The maximum Gasteiger partial charge on any atom is 0.244 e. The predicted octanol–water partition coefficient (Wildman–Crippen LogP) is 3.85. The van der Waals surface area contributed by atoms with Gasteiger partial charge in [0, 0.05) is 29.3 Å². The van der Waals surface area contributed by atoms with Gasteiger partial charge in [0.25, 0.3) is 0 Å². The van der Waals surface area contributed by atoms with Crippen LogP contribution in [-0.2, 0) is 9.59 Å². The Hall–Kier alpha value is -2.86. The number of rotatable bonds is 6. The van der Waals surface area contributed by atoms with Gasteiger partial charge in [-0.2, -0.15) is 0 Å². The van der Waals surface area contributed by atoms with Crippen molar-refractivity contribution < 1.29 is 19.1 Å². The fourth-order valence-electron chi connectivity index (χ4n) is 2.54. The van der Waals surface area contributed by atoms with Gasteiger partial charge in [0.2, 0.25) is 11.8 Å². The van der Waals surface area contributed by atoms with E-state index in [1.165, 1.54) is 25.9 Å². The van der Waals surface area contributed by atoms with E-state index in [2.05, 4.69) is 5.32 Å². The van der Waals surface area contributed by atoms with Crippen LogP contribution in [0.5, 0.6) is 5.75 Å². The number of carbonyl (C=O) groups is 3. The van der Waals surface area contributed by atoms with Crippen LogP contribution in [0.2, 0.25) is 5.02 Å². The molecule has 0 atom stereocenters. The van der Waals surface area contributed by atoms with E-state index in [1.807, 2.05) is 6.92 Å². The van der Waals surface area contributed by atoms with Crippen molar-refractivity contribution in [1.82, 2.24) is 0 Å². The molecule has 0 saturated carbocycles. The monoisotopic (exact) mass is 388 g/mol. The van der Waals surface area contributed by atoms with E-state index in [4.69, 9.17) is 16.3 Å². The van der Waals surface area contributed by atoms with Crippen molar-refractivity contribution in [2.24, 2.45) is 0 Å². The Morgan fingerprint density at radius 1 is 1.15 bits per heavy atom. The maximum atomic E-state index is 12.5. The zero-order chi connectivity index (χ0) is 20.1. The van der Waals surface area contributed by atoms with Crippen LogP contribution in [0.3, 0.4) is 0 Å². The summed E-state index contributed by atoms with van der Waals surface area (Å²) in [4.78, 5) is 37.5. The highest BCUT2D eigenvalue weighted by atomic mass is 35.5. The average Bonchev–Trinajstić information content (AvgIpc) is 2.62. The first-order valence-corrected chi connectivity index (χ1v) is 8.63. The fraction of sp³-hybridized carbons (Fsp3) is 0.250. The van der Waals surface area contributed by atoms with E-state index in [1.54, 1.807) is 36.4 Å². The zero-order valence-electron chi connectivity index (χ0n) is 15.6. The molecular formula is C20H21ClN2O4. The van der Waals surface area contributed by atoms with E-state index in [0.29, 0.717) is 27.7 Å². The third-order valence-electron chi connectivity index (χ3n) is 4.00. The molecular weight excluding hydrogens is 368 g/mol. The van der Waals surface area contributed by atoms with E-state index in [9.17, 15) is 14.4 Å². The number of hydrogen-bond donors (Lipinski definition) is 1. The van der Waals surface area contributed by atoms with Crippen LogP contribution in [0.4, 0.5) is 11.4 Å². The van der Waals surface area contributed by atoms with Crippen LogP contribution in [0, 0.1) is 6.92 Å². The lowest BCUT2D eigenvalue weighted by Gasteiger charge is -2.21. The molecule has 2 aromatic carbocycles. The second-order valence-corrected chi connectivity index (χ2v) is 6.47. The van der Waals surface area contributed by atoms with E-state index >= 15 is 0 Å². The summed E-state index contributed by atoms with van der Waals surface area (Å²) < 4.78 is 5.24. The lowest BCUT2D eigenvalue weighted by Crippen LogP contribution is -2.36. The molecule has 27 heavy (non-hydrogen) atoms. The second-order valence-electron chi connectivity index (χ2n) is 6.06. The van der Waals surface area contributed by atoms with Crippen molar-refractivity contribution in [3.63, 3.8) is 0 Å². The van der Waals surface area contributed by atoms with E-state index < -0.39 is 5.91 Å². The highest BCUT2D eigenvalue weighted by molar-refractivity contribution is 6.31. The normalized spacial score (nSPS) is 10.3. The van der Waals surface area contributed by atoms with Crippen molar-refractivity contribution in [1.29, 1.82) is 0 Å². The molecule has 1 N–H and O–H groups in total. The van der Waals surface area contributed by atoms with Crippen molar-refractivity contribution in [2.45, 2.75) is 20.8 Å². The van der Waals surface area contributed by atoms with Crippen LogP contribution >= 0.6 is 11.6 Å². The van der Waals surface area contributed by atoms with Gasteiger partial charge < -0.3 is 15.0 Å². The first-order chi connectivity index (χ1) is 12.7. The van der Waals surface area contributed by atoms with Gasteiger partial charge in [0.1, 0.15) is 12.3 Å². The smallest absolute Gasteiger partial charge is 0.244 e. The Kier molecular flexibility index (Phi) is 6.58. The second kappa shape index (κ2) is 8.68. The molecule has 0 aromatic heterocycles. The van der Waals surface area contributed by atoms with Crippen molar-refractivity contribution in [3.8, 4) is 5.75 Å². The van der Waals surface area contributed by atoms with Gasteiger partial charge in [-0.1, -0.05) is 23.7 Å². The van der Waals surface area contributed by atoms with Crippen molar-refractivity contribution in [2.75, 3.05) is 23.9 Å². The number of nitrogens with one attached hydrogen (secondary N) is 1. The summed E-state index contributed by atoms with van der Waals surface area (Å²) in [6.45, 7) is 4.41. The Morgan fingerprint density at radius 2 is 1.85 bits per heavy atom. The number of amides is 2. The molecule has 0 aliphatic heterocycles. The number of benzene rings is 2. The van der Waals surface area contributed by atoms with E-state index in [-0.39, 0.29) is 18.2 Å². The molecule has 142 valence electrons. The molecule has 0 heterocycles. The number of hydrogen-bond acceptors (Lipinski definition) is 4. The number of Topliss-reactive ketones (excluding diaryl/α,β-unsaturated/α-hetero) is 1.